The van der Waals surface area contributed by atoms with Crippen molar-refractivity contribution in [2.75, 3.05) is 31.1 Å². The van der Waals surface area contributed by atoms with Crippen molar-refractivity contribution in [1.82, 2.24) is 4.31 Å². The first-order valence-corrected chi connectivity index (χ1v) is 12.8. The molecule has 1 aliphatic heterocycles. The van der Waals surface area contributed by atoms with Gasteiger partial charge in [-0.25, -0.2) is 12.6 Å². The second kappa shape index (κ2) is 8.94. The summed E-state index contributed by atoms with van der Waals surface area (Å²) in [7, 11) is -4.81. The highest BCUT2D eigenvalue weighted by atomic mass is 32.2. The molecule has 0 bridgehead atoms. The van der Waals surface area contributed by atoms with Crippen molar-refractivity contribution in [2.24, 2.45) is 0 Å². The molecule has 0 saturated carbocycles. The van der Waals surface area contributed by atoms with Gasteiger partial charge in [0.05, 0.1) is 26.3 Å². The molecule has 1 heterocycles. The van der Waals surface area contributed by atoms with Crippen LogP contribution in [0.15, 0.2) is 87.5 Å². The van der Waals surface area contributed by atoms with E-state index in [1.807, 2.05) is 62.4 Å². The Labute approximate surface area is 186 Å². The molecule has 0 N–H and O–H groups in total. The van der Waals surface area contributed by atoms with Crippen molar-refractivity contribution in [3.63, 3.8) is 0 Å². The summed E-state index contributed by atoms with van der Waals surface area (Å²) in [5, 5.41) is 0. The molecular weight excluding hydrogens is 428 g/mol. The summed E-state index contributed by atoms with van der Waals surface area (Å²) in [4.78, 5) is 4.02. The molecule has 4 rings (SSSR count). The molecule has 0 amide bonds. The Balaban J connectivity index is 1.56. The van der Waals surface area contributed by atoms with Crippen molar-refractivity contribution in [3.8, 4) is 0 Å². The summed E-state index contributed by atoms with van der Waals surface area (Å²) in [5.41, 5.74) is 3.05. The highest BCUT2D eigenvalue weighted by molar-refractivity contribution is 7.89. The zero-order valence-electron chi connectivity index (χ0n) is 17.7. The number of nitrogens with zero attached hydrogens (tertiary/aromatic N) is 2. The molecule has 1 fully saturated rings. The van der Waals surface area contributed by atoms with Crippen LogP contribution in [0.2, 0.25) is 0 Å². The lowest BCUT2D eigenvalue weighted by Gasteiger charge is -2.36. The van der Waals surface area contributed by atoms with Crippen LogP contribution in [0.4, 0.5) is 5.69 Å². The first-order chi connectivity index (χ1) is 14.9. The number of hydrogen-bond donors (Lipinski definition) is 0. The Morgan fingerprint density at radius 2 is 1.42 bits per heavy atom. The lowest BCUT2D eigenvalue weighted by molar-refractivity contribution is 0.384. The lowest BCUT2D eigenvalue weighted by atomic mass is 10.2. The van der Waals surface area contributed by atoms with Crippen LogP contribution in [0.5, 0.6) is 0 Å². The van der Waals surface area contributed by atoms with Gasteiger partial charge in [-0.3, -0.25) is 0 Å². The summed E-state index contributed by atoms with van der Waals surface area (Å²) in [5.74, 6) is 0. The second-order valence-electron chi connectivity index (χ2n) is 7.71. The van der Waals surface area contributed by atoms with E-state index in [-0.39, 0.29) is 0 Å². The van der Waals surface area contributed by atoms with Crippen molar-refractivity contribution < 1.29 is 12.6 Å². The molecule has 3 aromatic carbocycles. The standard InChI is InChI=1S/C24H26N2O3S2/c1-19-12-13-23(20(2)18-19)30(27)24-11-7-6-10-22(24)25-14-16-26(17-15-25)31(28,29)21-8-4-3-5-9-21/h3-13,18H,14-17H2,1-2H3. The monoisotopic (exact) mass is 454 g/mol. The maximum atomic E-state index is 13.4. The third-order valence-corrected chi connectivity index (χ3v) is 9.07. The van der Waals surface area contributed by atoms with E-state index in [0.29, 0.717) is 31.1 Å². The third kappa shape index (κ3) is 4.44. The fourth-order valence-corrected chi connectivity index (χ4v) is 6.72. The molecule has 0 spiro atoms. The summed E-state index contributed by atoms with van der Waals surface area (Å²) in [6.07, 6.45) is 0. The maximum absolute atomic E-state index is 13.4. The Morgan fingerprint density at radius 3 is 2.10 bits per heavy atom. The number of piperazine rings is 1. The van der Waals surface area contributed by atoms with Crippen LogP contribution >= 0.6 is 0 Å². The summed E-state index contributed by atoms with van der Waals surface area (Å²) >= 11 is 0. The number of anilines is 1. The van der Waals surface area contributed by atoms with Gasteiger partial charge in [0.2, 0.25) is 10.0 Å². The zero-order valence-corrected chi connectivity index (χ0v) is 19.3. The van der Waals surface area contributed by atoms with Crippen LogP contribution < -0.4 is 4.90 Å². The van der Waals surface area contributed by atoms with Gasteiger partial charge in [0.25, 0.3) is 0 Å². The normalized spacial score (nSPS) is 16.3. The van der Waals surface area contributed by atoms with Crippen molar-refractivity contribution >= 4 is 26.5 Å². The number of aryl methyl sites for hydroxylation is 2. The molecule has 162 valence electrons. The highest BCUT2D eigenvalue weighted by Gasteiger charge is 2.29. The molecule has 0 aromatic heterocycles. The number of sulfonamides is 1. The van der Waals surface area contributed by atoms with E-state index in [9.17, 15) is 12.6 Å². The summed E-state index contributed by atoms with van der Waals surface area (Å²) in [6.45, 7) is 5.89. The van der Waals surface area contributed by atoms with E-state index in [4.69, 9.17) is 0 Å². The molecule has 1 unspecified atom stereocenters. The Bertz CT molecular complexity index is 1200. The first-order valence-electron chi connectivity index (χ1n) is 10.3. The van der Waals surface area contributed by atoms with Gasteiger partial charge in [0.15, 0.2) is 0 Å². The van der Waals surface area contributed by atoms with Crippen LogP contribution in [0.3, 0.4) is 0 Å². The molecule has 3 aromatic rings. The average molecular weight is 455 g/mol. The average Bonchev–Trinajstić information content (AvgIpc) is 2.79. The Kier molecular flexibility index (Phi) is 6.27. The van der Waals surface area contributed by atoms with Gasteiger partial charge in [-0.1, -0.05) is 48.0 Å². The molecule has 5 nitrogen and oxygen atoms in total. The summed E-state index contributed by atoms with van der Waals surface area (Å²) in [6, 6.07) is 22.2. The maximum Gasteiger partial charge on any atom is 0.243 e. The second-order valence-corrected chi connectivity index (χ2v) is 11.1. The largest absolute Gasteiger partial charge is 0.368 e. The van der Waals surface area contributed by atoms with Crippen molar-refractivity contribution in [2.45, 2.75) is 28.5 Å². The minimum Gasteiger partial charge on any atom is -0.368 e. The van der Waals surface area contributed by atoms with Gasteiger partial charge >= 0.3 is 0 Å². The van der Waals surface area contributed by atoms with Gasteiger partial charge in [-0.2, -0.15) is 4.31 Å². The molecule has 1 atom stereocenters. The van der Waals surface area contributed by atoms with E-state index in [0.717, 1.165) is 26.6 Å². The van der Waals surface area contributed by atoms with Gasteiger partial charge < -0.3 is 4.90 Å². The van der Waals surface area contributed by atoms with E-state index in [1.54, 1.807) is 24.3 Å². The third-order valence-electron chi connectivity index (χ3n) is 5.56. The molecule has 1 saturated heterocycles. The van der Waals surface area contributed by atoms with Crippen LogP contribution in [0.1, 0.15) is 11.1 Å². The van der Waals surface area contributed by atoms with Crippen molar-refractivity contribution in [3.05, 3.63) is 83.9 Å². The topological polar surface area (TPSA) is 57.7 Å². The fourth-order valence-electron chi connectivity index (χ4n) is 3.91. The van der Waals surface area contributed by atoms with Gasteiger partial charge in [0.1, 0.15) is 0 Å². The Hall–Kier alpha value is -2.48. The predicted octanol–water partition coefficient (Wildman–Crippen LogP) is 3.98. The predicted molar refractivity (Wildman–Crippen MR) is 124 cm³/mol. The number of rotatable bonds is 5. The SMILES string of the molecule is Cc1ccc(S(=O)c2ccccc2N2CCN(S(=O)(=O)c3ccccc3)CC2)c(C)c1. The number of benzene rings is 3. The minimum absolute atomic E-state index is 0.319. The highest BCUT2D eigenvalue weighted by Crippen LogP contribution is 2.30. The smallest absolute Gasteiger partial charge is 0.243 e. The van der Waals surface area contributed by atoms with Crippen LogP contribution in [0, 0.1) is 13.8 Å². The van der Waals surface area contributed by atoms with Gasteiger partial charge in [0, 0.05) is 31.1 Å². The molecule has 31 heavy (non-hydrogen) atoms. The summed E-state index contributed by atoms with van der Waals surface area (Å²) < 4.78 is 40.8. The van der Waals surface area contributed by atoms with E-state index >= 15 is 0 Å². The van der Waals surface area contributed by atoms with Crippen LogP contribution in [0.25, 0.3) is 0 Å². The van der Waals surface area contributed by atoms with Crippen molar-refractivity contribution in [1.29, 1.82) is 0 Å². The number of para-hydroxylation sites is 1. The number of hydrogen-bond acceptors (Lipinski definition) is 4. The quantitative estimate of drug-likeness (QED) is 0.585. The fraction of sp³-hybridized carbons (Fsp3) is 0.250. The molecule has 0 aliphatic carbocycles. The van der Waals surface area contributed by atoms with E-state index < -0.39 is 20.8 Å². The molecule has 0 radical (unpaired) electrons. The molecule has 7 heteroatoms. The van der Waals surface area contributed by atoms with E-state index in [1.165, 1.54) is 4.31 Å². The molecular formula is C24H26N2O3S2. The minimum atomic E-state index is -3.50. The van der Waals surface area contributed by atoms with Gasteiger partial charge in [-0.05, 0) is 49.7 Å². The van der Waals surface area contributed by atoms with Crippen LogP contribution in [-0.4, -0.2) is 43.1 Å². The van der Waals surface area contributed by atoms with Crippen LogP contribution in [-0.2, 0) is 20.8 Å². The Morgan fingerprint density at radius 1 is 0.774 bits per heavy atom. The zero-order chi connectivity index (χ0) is 22.0. The first kappa shape index (κ1) is 21.7. The van der Waals surface area contributed by atoms with E-state index in [2.05, 4.69) is 4.90 Å². The molecule has 1 aliphatic rings. The van der Waals surface area contributed by atoms with Gasteiger partial charge in [-0.15, -0.1) is 0 Å². The lowest BCUT2D eigenvalue weighted by Crippen LogP contribution is -2.48.